The molecule has 14 heteroatoms. The molecule has 0 saturated carbocycles. The van der Waals surface area contributed by atoms with Gasteiger partial charge in [0.1, 0.15) is 17.0 Å². The van der Waals surface area contributed by atoms with Crippen molar-refractivity contribution in [3.63, 3.8) is 0 Å². The van der Waals surface area contributed by atoms with E-state index in [0.29, 0.717) is 46.9 Å². The van der Waals surface area contributed by atoms with E-state index in [2.05, 4.69) is 32.2 Å². The first-order valence-corrected chi connectivity index (χ1v) is 12.6. The summed E-state index contributed by atoms with van der Waals surface area (Å²) >= 11 is 13.2. The predicted octanol–water partition coefficient (Wildman–Crippen LogP) is 3.95. The zero-order valence-corrected chi connectivity index (χ0v) is 22.4. The molecule has 1 amide bonds. The number of halogens is 4. The number of rotatable bonds is 8. The number of ether oxygens (including phenoxy) is 3. The number of anilines is 2. The molecular formula is C25H24Cl2F2N6O4. The van der Waals surface area contributed by atoms with Gasteiger partial charge in [-0.05, 0) is 12.1 Å². The minimum absolute atomic E-state index is 0.183. The molecule has 2 aliphatic heterocycles. The van der Waals surface area contributed by atoms with E-state index in [9.17, 15) is 13.6 Å². The number of nitrogens with one attached hydrogen (secondary N) is 2. The van der Waals surface area contributed by atoms with Crippen LogP contribution in [0.5, 0.6) is 11.5 Å². The van der Waals surface area contributed by atoms with Gasteiger partial charge in [-0.2, -0.15) is 0 Å². The largest absolute Gasteiger partial charge is 0.495 e. The summed E-state index contributed by atoms with van der Waals surface area (Å²) in [6.07, 6.45) is 2.72. The van der Waals surface area contributed by atoms with Crippen LogP contribution in [0.4, 0.5) is 20.5 Å². The molecule has 10 nitrogen and oxygen atoms in total. The number of hydrogen-bond acceptors (Lipinski definition) is 9. The summed E-state index contributed by atoms with van der Waals surface area (Å²) in [5.41, 5.74) is 0.969. The first kappa shape index (κ1) is 27.1. The first-order valence-electron chi connectivity index (χ1n) is 11.8. The monoisotopic (exact) mass is 580 g/mol. The van der Waals surface area contributed by atoms with Crippen LogP contribution in [-0.2, 0) is 9.53 Å². The molecule has 4 heterocycles. The minimum atomic E-state index is -2.86. The van der Waals surface area contributed by atoms with Crippen LogP contribution in [0.2, 0.25) is 10.0 Å². The SMILES string of the molecule is C=CC(=O)N[C@H]1COC[C@H]1Nc1ncc2cc(-c3c(Cl)c(OC)cc(OC)c3Cl)nc(N3CC(F)(F)C3)c2n1. The van der Waals surface area contributed by atoms with Gasteiger partial charge in [0.25, 0.3) is 5.92 Å². The number of nitrogens with zero attached hydrogens (tertiary/aromatic N) is 4. The van der Waals surface area contributed by atoms with Crippen molar-refractivity contribution < 1.29 is 27.8 Å². The molecule has 2 atom stereocenters. The fraction of sp³-hybridized carbons (Fsp3) is 0.360. The Kier molecular flexibility index (Phi) is 7.36. The van der Waals surface area contributed by atoms with Gasteiger partial charge in [0, 0.05) is 23.2 Å². The normalized spacial score (nSPS) is 19.9. The van der Waals surface area contributed by atoms with Crippen LogP contribution in [0, 0.1) is 0 Å². The molecule has 5 rings (SSSR count). The third-order valence-electron chi connectivity index (χ3n) is 6.43. The molecule has 0 aliphatic carbocycles. The van der Waals surface area contributed by atoms with Crippen molar-refractivity contribution in [2.24, 2.45) is 0 Å². The quantitative estimate of drug-likeness (QED) is 0.382. The Morgan fingerprint density at radius 3 is 2.44 bits per heavy atom. The fourth-order valence-corrected chi connectivity index (χ4v) is 5.15. The molecule has 2 aromatic heterocycles. The molecule has 2 fully saturated rings. The number of amides is 1. The highest BCUT2D eigenvalue weighted by atomic mass is 35.5. The second kappa shape index (κ2) is 10.6. The number of alkyl halides is 2. The first-order chi connectivity index (χ1) is 18.6. The number of methoxy groups -OCH3 is 2. The van der Waals surface area contributed by atoms with Crippen LogP contribution in [0.3, 0.4) is 0 Å². The second-order valence-corrected chi connectivity index (χ2v) is 9.82. The Hall–Kier alpha value is -3.48. The van der Waals surface area contributed by atoms with E-state index in [1.165, 1.54) is 25.2 Å². The lowest BCUT2D eigenvalue weighted by atomic mass is 10.1. The highest BCUT2D eigenvalue weighted by molar-refractivity contribution is 6.41. The van der Waals surface area contributed by atoms with Crippen molar-refractivity contribution in [2.45, 2.75) is 18.0 Å². The van der Waals surface area contributed by atoms with E-state index in [0.717, 1.165) is 0 Å². The maximum Gasteiger partial charge on any atom is 0.282 e. The molecule has 0 bridgehead atoms. The van der Waals surface area contributed by atoms with E-state index >= 15 is 0 Å². The van der Waals surface area contributed by atoms with Crippen molar-refractivity contribution in [3.05, 3.63) is 41.0 Å². The van der Waals surface area contributed by atoms with E-state index in [1.54, 1.807) is 18.3 Å². The lowest BCUT2D eigenvalue weighted by molar-refractivity contribution is -0.117. The smallest absolute Gasteiger partial charge is 0.282 e. The molecular weight excluding hydrogens is 557 g/mol. The highest BCUT2D eigenvalue weighted by Gasteiger charge is 2.45. The number of benzene rings is 1. The Balaban J connectivity index is 1.58. The maximum absolute atomic E-state index is 13.9. The Morgan fingerprint density at radius 2 is 1.82 bits per heavy atom. The Bertz CT molecular complexity index is 1420. The van der Waals surface area contributed by atoms with Crippen molar-refractivity contribution in [1.29, 1.82) is 0 Å². The topological polar surface area (TPSA) is 111 Å². The van der Waals surface area contributed by atoms with Gasteiger partial charge < -0.3 is 29.7 Å². The van der Waals surface area contributed by atoms with Gasteiger partial charge in [-0.25, -0.2) is 23.7 Å². The van der Waals surface area contributed by atoms with Crippen LogP contribution < -0.4 is 25.0 Å². The lowest BCUT2D eigenvalue weighted by Gasteiger charge is -2.39. The molecule has 0 radical (unpaired) electrons. The summed E-state index contributed by atoms with van der Waals surface area (Å²) in [5.74, 6) is -2.14. The lowest BCUT2D eigenvalue weighted by Crippen LogP contribution is -2.56. The second-order valence-electron chi connectivity index (χ2n) is 9.07. The number of carbonyl (C=O) groups is 1. The van der Waals surface area contributed by atoms with Crippen molar-refractivity contribution in [3.8, 4) is 22.8 Å². The number of fused-ring (bicyclic) bond motifs is 1. The van der Waals surface area contributed by atoms with E-state index in [-0.39, 0.29) is 39.8 Å². The molecule has 1 aromatic carbocycles. The van der Waals surface area contributed by atoms with Crippen molar-refractivity contribution >= 4 is 51.8 Å². The summed E-state index contributed by atoms with van der Waals surface area (Å²) < 4.78 is 44.0. The Morgan fingerprint density at radius 1 is 1.15 bits per heavy atom. The molecule has 39 heavy (non-hydrogen) atoms. The minimum Gasteiger partial charge on any atom is -0.495 e. The van der Waals surface area contributed by atoms with Crippen LogP contribution in [0.1, 0.15) is 0 Å². The van der Waals surface area contributed by atoms with Gasteiger partial charge in [-0.3, -0.25) is 4.79 Å². The molecule has 2 aliphatic rings. The molecule has 3 aromatic rings. The Labute approximate surface area is 232 Å². The summed E-state index contributed by atoms with van der Waals surface area (Å²) in [6.45, 7) is 3.01. The zero-order valence-electron chi connectivity index (χ0n) is 20.9. The third-order valence-corrected chi connectivity index (χ3v) is 7.18. The van der Waals surface area contributed by atoms with Gasteiger partial charge in [-0.15, -0.1) is 0 Å². The van der Waals surface area contributed by atoms with Gasteiger partial charge in [0.2, 0.25) is 11.9 Å². The van der Waals surface area contributed by atoms with E-state index in [4.69, 9.17) is 37.4 Å². The van der Waals surface area contributed by atoms with Crippen LogP contribution in [0.25, 0.3) is 22.2 Å². The van der Waals surface area contributed by atoms with Gasteiger partial charge in [0.15, 0.2) is 5.82 Å². The van der Waals surface area contributed by atoms with Gasteiger partial charge in [0.05, 0.1) is 68.3 Å². The molecule has 2 N–H and O–H groups in total. The number of hydrogen-bond donors (Lipinski definition) is 2. The number of carbonyl (C=O) groups excluding carboxylic acids is 1. The van der Waals surface area contributed by atoms with Crippen LogP contribution in [0.15, 0.2) is 31.0 Å². The van der Waals surface area contributed by atoms with E-state index < -0.39 is 19.0 Å². The maximum atomic E-state index is 13.9. The fourth-order valence-electron chi connectivity index (χ4n) is 4.46. The van der Waals surface area contributed by atoms with Crippen LogP contribution >= 0.6 is 23.2 Å². The molecule has 0 unspecified atom stereocenters. The predicted molar refractivity (Wildman–Crippen MR) is 143 cm³/mol. The summed E-state index contributed by atoms with van der Waals surface area (Å²) in [4.78, 5) is 26.9. The van der Waals surface area contributed by atoms with Crippen molar-refractivity contribution in [1.82, 2.24) is 20.3 Å². The highest BCUT2D eigenvalue weighted by Crippen LogP contribution is 2.47. The summed E-state index contributed by atoms with van der Waals surface area (Å²) in [6, 6.07) is 2.55. The standard InChI is InChI=1S/C25H24Cl2F2N6O4/c1-4-18(36)31-14-8-39-9-15(14)33-24-30-7-12-5-13(19-20(26)16(37-2)6-17(38-3)21(19)27)32-23(22(12)34-24)35-10-25(28,29)11-35/h4-7,14-15H,1,8-11H2,2-3H3,(H,31,36)(H,30,33,34)/t14-,15+/m0/s1. The molecule has 0 spiro atoms. The van der Waals surface area contributed by atoms with E-state index in [1.807, 2.05) is 0 Å². The zero-order chi connectivity index (χ0) is 27.9. The summed E-state index contributed by atoms with van der Waals surface area (Å²) in [7, 11) is 2.90. The number of aromatic nitrogens is 3. The average Bonchev–Trinajstić information content (AvgIpc) is 3.33. The summed E-state index contributed by atoms with van der Waals surface area (Å²) in [5, 5.41) is 6.84. The number of pyridine rings is 1. The molecule has 2 saturated heterocycles. The van der Waals surface area contributed by atoms with Gasteiger partial charge >= 0.3 is 0 Å². The van der Waals surface area contributed by atoms with Gasteiger partial charge in [-0.1, -0.05) is 29.8 Å². The third kappa shape index (κ3) is 5.23. The average molecular weight is 581 g/mol. The molecule has 206 valence electrons. The van der Waals surface area contributed by atoms with Crippen LogP contribution in [-0.4, -0.2) is 79.4 Å². The van der Waals surface area contributed by atoms with Crippen molar-refractivity contribution in [2.75, 3.05) is 50.7 Å².